The van der Waals surface area contributed by atoms with Crippen LogP contribution in [0.15, 0.2) is 89.1 Å². The maximum Gasteiger partial charge on any atom is 0.416 e. The first kappa shape index (κ1) is 29.6. The lowest BCUT2D eigenvalue weighted by atomic mass is 9.94. The Morgan fingerprint density at radius 3 is 1.98 bits per heavy atom. The van der Waals surface area contributed by atoms with E-state index in [-0.39, 0.29) is 24.6 Å². The van der Waals surface area contributed by atoms with Crippen molar-refractivity contribution in [1.82, 2.24) is 10.2 Å². The van der Waals surface area contributed by atoms with Crippen molar-refractivity contribution in [3.63, 3.8) is 0 Å². The number of aliphatic imine (C=N–C) groups is 1. The largest absolute Gasteiger partial charge is 0.466 e. The third-order valence-corrected chi connectivity index (χ3v) is 6.51. The minimum Gasteiger partial charge on any atom is -0.466 e. The minimum absolute atomic E-state index is 0.0147. The predicted octanol–water partition coefficient (Wildman–Crippen LogP) is 7.01. The van der Waals surface area contributed by atoms with Gasteiger partial charge in [-0.05, 0) is 60.0 Å². The van der Waals surface area contributed by atoms with Crippen LogP contribution in [0.1, 0.15) is 40.8 Å². The molecular weight excluding hydrogens is 555 g/mol. The smallest absolute Gasteiger partial charge is 0.416 e. The number of carbonyl (C=O) groups excluding carboxylic acids is 1. The number of carbonyl (C=O) groups is 1. The van der Waals surface area contributed by atoms with Crippen molar-refractivity contribution in [3.05, 3.63) is 118 Å². The number of methoxy groups -OCH3 is 1. The van der Waals surface area contributed by atoms with Crippen molar-refractivity contribution in [1.29, 1.82) is 0 Å². The topological polar surface area (TPSA) is 53.9 Å². The Balaban J connectivity index is 1.76. The normalized spacial score (nSPS) is 17.0. The third kappa shape index (κ3) is 6.87. The fourth-order valence-corrected chi connectivity index (χ4v) is 4.38. The monoisotopic (exact) mass is 579 g/mol. The molecule has 1 N–H and O–H groups in total. The van der Waals surface area contributed by atoms with E-state index in [9.17, 15) is 35.5 Å². The number of halogens is 7. The van der Waals surface area contributed by atoms with E-state index in [2.05, 4.69) is 10.3 Å². The number of alkyl halides is 6. The van der Waals surface area contributed by atoms with Crippen LogP contribution < -0.4 is 5.32 Å². The van der Waals surface area contributed by atoms with Gasteiger partial charge in [-0.15, -0.1) is 0 Å². The van der Waals surface area contributed by atoms with Gasteiger partial charge in [0, 0.05) is 5.70 Å². The van der Waals surface area contributed by atoms with Gasteiger partial charge in [0.2, 0.25) is 0 Å². The SMILES string of the molecule is COC(=O)C1=C(C)N(Cc2ccc(C(F)(F)F)cc2)C(=NCc2ccc(C(F)(F)F)cc2)NC1c1cccc(F)c1. The molecule has 0 radical (unpaired) electrons. The van der Waals surface area contributed by atoms with Crippen LogP contribution in [0, 0.1) is 5.82 Å². The first-order valence-corrected chi connectivity index (χ1v) is 12.2. The van der Waals surface area contributed by atoms with Crippen molar-refractivity contribution < 1.29 is 40.3 Å². The van der Waals surface area contributed by atoms with Gasteiger partial charge in [-0.2, -0.15) is 26.3 Å². The number of esters is 1. The molecule has 0 bridgehead atoms. The molecule has 41 heavy (non-hydrogen) atoms. The molecule has 1 aliphatic heterocycles. The summed E-state index contributed by atoms with van der Waals surface area (Å²) in [6.07, 6.45) is -9.02. The Labute approximate surface area is 231 Å². The number of rotatable bonds is 6. The number of benzene rings is 3. The van der Waals surface area contributed by atoms with E-state index in [4.69, 9.17) is 4.74 Å². The molecule has 1 aliphatic rings. The molecule has 1 unspecified atom stereocenters. The number of hydrogen-bond donors (Lipinski definition) is 1. The summed E-state index contributed by atoms with van der Waals surface area (Å²) in [5.74, 6) is -1.10. The Kier molecular flexibility index (Phi) is 8.41. The van der Waals surface area contributed by atoms with E-state index >= 15 is 0 Å². The highest BCUT2D eigenvalue weighted by atomic mass is 19.4. The van der Waals surface area contributed by atoms with Crippen LogP contribution in [0.4, 0.5) is 30.7 Å². The summed E-state index contributed by atoms with van der Waals surface area (Å²) in [6.45, 7) is 1.51. The molecule has 12 heteroatoms. The Hall–Kier alpha value is -4.35. The fraction of sp³-hybridized carbons (Fsp3) is 0.241. The number of allylic oxidation sites excluding steroid dienone is 1. The summed E-state index contributed by atoms with van der Waals surface area (Å²) in [6, 6.07) is 13.5. The molecule has 0 aliphatic carbocycles. The first-order valence-electron chi connectivity index (χ1n) is 12.2. The summed E-state index contributed by atoms with van der Waals surface area (Å²) in [5.41, 5.74) is 0.0963. The summed E-state index contributed by atoms with van der Waals surface area (Å²) in [4.78, 5) is 19.0. The zero-order valence-electron chi connectivity index (χ0n) is 21.8. The average Bonchev–Trinajstić information content (AvgIpc) is 2.92. The van der Waals surface area contributed by atoms with Crippen molar-refractivity contribution >= 4 is 11.9 Å². The van der Waals surface area contributed by atoms with Crippen molar-refractivity contribution in [3.8, 4) is 0 Å². The lowest BCUT2D eigenvalue weighted by molar-refractivity contribution is -0.138. The van der Waals surface area contributed by atoms with Gasteiger partial charge in [-0.1, -0.05) is 36.4 Å². The number of hydrogen-bond acceptors (Lipinski definition) is 3. The zero-order chi connectivity index (χ0) is 29.9. The number of nitrogens with one attached hydrogen (secondary N) is 1. The van der Waals surface area contributed by atoms with E-state index < -0.39 is 41.3 Å². The molecule has 0 saturated heterocycles. The second kappa shape index (κ2) is 11.6. The van der Waals surface area contributed by atoms with Gasteiger partial charge in [0.1, 0.15) is 5.82 Å². The van der Waals surface area contributed by atoms with E-state index in [1.807, 2.05) is 0 Å². The quantitative estimate of drug-likeness (QED) is 0.252. The van der Waals surface area contributed by atoms with Crippen LogP contribution in [-0.4, -0.2) is 23.9 Å². The molecule has 3 aromatic rings. The van der Waals surface area contributed by atoms with E-state index in [1.54, 1.807) is 17.9 Å². The molecular formula is C29H24F7N3O2. The van der Waals surface area contributed by atoms with E-state index in [0.29, 0.717) is 22.4 Å². The highest BCUT2D eigenvalue weighted by Gasteiger charge is 2.36. The molecule has 216 valence electrons. The molecule has 4 rings (SSSR count). The van der Waals surface area contributed by atoms with Crippen LogP contribution in [-0.2, 0) is 35.0 Å². The second-order valence-electron chi connectivity index (χ2n) is 9.24. The first-order chi connectivity index (χ1) is 19.3. The molecule has 3 aromatic carbocycles. The second-order valence-corrected chi connectivity index (χ2v) is 9.24. The average molecular weight is 580 g/mol. The molecule has 1 atom stereocenters. The summed E-state index contributed by atoms with van der Waals surface area (Å²) in [7, 11) is 1.18. The Morgan fingerprint density at radius 2 is 1.46 bits per heavy atom. The van der Waals surface area contributed by atoms with Gasteiger partial charge in [0.05, 0.1) is 42.9 Å². The van der Waals surface area contributed by atoms with E-state index in [1.165, 1.54) is 49.6 Å². The number of ether oxygens (including phenoxy) is 1. The molecule has 1 heterocycles. The molecule has 0 saturated carbocycles. The number of nitrogens with zero attached hydrogens (tertiary/aromatic N) is 2. The van der Waals surface area contributed by atoms with Gasteiger partial charge < -0.3 is 15.0 Å². The van der Waals surface area contributed by atoms with E-state index in [0.717, 1.165) is 24.3 Å². The maximum atomic E-state index is 14.1. The minimum atomic E-state index is -4.52. The van der Waals surface area contributed by atoms with Gasteiger partial charge in [-0.3, -0.25) is 0 Å². The van der Waals surface area contributed by atoms with Gasteiger partial charge in [0.15, 0.2) is 5.96 Å². The summed E-state index contributed by atoms with van der Waals surface area (Å²) < 4.78 is 97.3. The number of guanidine groups is 1. The molecule has 0 fully saturated rings. The lowest BCUT2D eigenvalue weighted by Gasteiger charge is -2.38. The highest BCUT2D eigenvalue weighted by Crippen LogP contribution is 2.34. The summed E-state index contributed by atoms with van der Waals surface area (Å²) in [5, 5.41) is 3.10. The van der Waals surface area contributed by atoms with Gasteiger partial charge >= 0.3 is 18.3 Å². The van der Waals surface area contributed by atoms with Crippen molar-refractivity contribution in [2.75, 3.05) is 7.11 Å². The molecule has 0 amide bonds. The predicted molar refractivity (Wildman–Crippen MR) is 137 cm³/mol. The van der Waals surface area contributed by atoms with Gasteiger partial charge in [0.25, 0.3) is 0 Å². The maximum absolute atomic E-state index is 14.1. The van der Waals surface area contributed by atoms with Crippen molar-refractivity contribution in [2.45, 2.75) is 38.4 Å². The van der Waals surface area contributed by atoms with Crippen LogP contribution in [0.3, 0.4) is 0 Å². The lowest BCUT2D eigenvalue weighted by Crippen LogP contribution is -2.48. The van der Waals surface area contributed by atoms with Crippen LogP contribution in [0.2, 0.25) is 0 Å². The van der Waals surface area contributed by atoms with Gasteiger partial charge in [-0.25, -0.2) is 14.2 Å². The van der Waals surface area contributed by atoms with Crippen LogP contribution in [0.5, 0.6) is 0 Å². The fourth-order valence-electron chi connectivity index (χ4n) is 4.38. The Morgan fingerprint density at radius 1 is 0.902 bits per heavy atom. The van der Waals surface area contributed by atoms with Crippen LogP contribution >= 0.6 is 0 Å². The molecule has 0 aromatic heterocycles. The molecule has 0 spiro atoms. The van der Waals surface area contributed by atoms with Crippen molar-refractivity contribution in [2.24, 2.45) is 4.99 Å². The Bertz CT molecular complexity index is 1460. The van der Waals surface area contributed by atoms with Crippen LogP contribution in [0.25, 0.3) is 0 Å². The standard InChI is InChI=1S/C29H24F7N3O2/c1-17-24(26(40)41-2)25(20-4-3-5-23(30)14-20)38-27(37-15-18-6-10-21(11-7-18)28(31,32)33)39(17)16-19-8-12-22(13-9-19)29(34,35)36/h3-14,25H,15-16H2,1-2H3,(H,37,38). The highest BCUT2D eigenvalue weighted by molar-refractivity contribution is 5.96. The zero-order valence-corrected chi connectivity index (χ0v) is 21.8. The molecule has 5 nitrogen and oxygen atoms in total. The third-order valence-electron chi connectivity index (χ3n) is 6.51. The summed E-state index contributed by atoms with van der Waals surface area (Å²) >= 11 is 0.